The number of aliphatic hydroxyl groups is 1. The Labute approximate surface area is 105 Å². The summed E-state index contributed by atoms with van der Waals surface area (Å²) in [7, 11) is -2.56. The highest BCUT2D eigenvalue weighted by atomic mass is 28.4. The lowest BCUT2D eigenvalue weighted by atomic mass is 10.2. The van der Waals surface area contributed by atoms with Crippen molar-refractivity contribution >= 4 is 8.56 Å². The summed E-state index contributed by atoms with van der Waals surface area (Å²) in [5, 5.41) is 10.5. The van der Waals surface area contributed by atoms with E-state index in [2.05, 4.69) is 0 Å². The zero-order valence-electron chi connectivity index (χ0n) is 10.8. The van der Waals surface area contributed by atoms with Gasteiger partial charge in [0, 0.05) is 13.2 Å². The molecular weight excluding hydrogens is 232 g/mol. The van der Waals surface area contributed by atoms with Crippen molar-refractivity contribution in [2.45, 2.75) is 32.5 Å². The minimum absolute atomic E-state index is 0.573. The third-order valence-electron chi connectivity index (χ3n) is 2.80. The molecule has 0 aliphatic rings. The normalized spacial score (nSPS) is 13.6. The van der Waals surface area contributed by atoms with Gasteiger partial charge in [-0.1, -0.05) is 37.3 Å². The first-order valence-electron chi connectivity index (χ1n) is 6.21. The van der Waals surface area contributed by atoms with E-state index in [0.29, 0.717) is 13.2 Å². The number of aliphatic hydroxyl groups excluding tert-OH is 1. The molecule has 1 aromatic carbocycles. The molecule has 96 valence electrons. The van der Waals surface area contributed by atoms with Gasteiger partial charge < -0.3 is 14.0 Å². The molecule has 0 radical (unpaired) electrons. The fraction of sp³-hybridized carbons (Fsp3) is 0.538. The second-order valence-electron chi connectivity index (χ2n) is 3.84. The Morgan fingerprint density at radius 2 is 1.59 bits per heavy atom. The lowest BCUT2D eigenvalue weighted by Crippen LogP contribution is -2.48. The molecule has 0 bridgehead atoms. The van der Waals surface area contributed by atoms with Crippen LogP contribution in [0.2, 0.25) is 6.04 Å². The molecule has 0 aliphatic heterocycles. The molecule has 0 saturated heterocycles. The van der Waals surface area contributed by atoms with Crippen molar-refractivity contribution < 1.29 is 14.0 Å². The Bertz CT molecular complexity index is 310. The van der Waals surface area contributed by atoms with E-state index in [9.17, 15) is 5.11 Å². The van der Waals surface area contributed by atoms with Gasteiger partial charge in [0.2, 0.25) is 0 Å². The highest BCUT2D eigenvalue weighted by Gasteiger charge is 2.44. The molecule has 0 fully saturated rings. The SMILES string of the molecule is CCO[Si](CC)(OCC)C(O)c1ccccc1. The molecular formula is C13H22O3Si. The van der Waals surface area contributed by atoms with E-state index in [1.165, 1.54) is 0 Å². The van der Waals surface area contributed by atoms with Crippen molar-refractivity contribution in [3.05, 3.63) is 35.9 Å². The third kappa shape index (κ3) is 3.39. The largest absolute Gasteiger partial charge is 0.393 e. The molecule has 1 N–H and O–H groups in total. The Kier molecular flexibility index (Phi) is 5.84. The summed E-state index contributed by atoms with van der Waals surface area (Å²) in [5.74, 6) is 0. The maximum Gasteiger partial charge on any atom is 0.372 e. The molecule has 0 amide bonds. The molecule has 1 rings (SSSR count). The zero-order valence-corrected chi connectivity index (χ0v) is 11.8. The average Bonchev–Trinajstić information content (AvgIpc) is 2.38. The van der Waals surface area contributed by atoms with Gasteiger partial charge in [-0.2, -0.15) is 0 Å². The van der Waals surface area contributed by atoms with Gasteiger partial charge in [-0.15, -0.1) is 0 Å². The number of hydrogen-bond donors (Lipinski definition) is 1. The van der Waals surface area contributed by atoms with Gasteiger partial charge in [0.25, 0.3) is 0 Å². The van der Waals surface area contributed by atoms with Crippen molar-refractivity contribution in [3.63, 3.8) is 0 Å². The van der Waals surface area contributed by atoms with Crippen molar-refractivity contribution in [3.8, 4) is 0 Å². The second kappa shape index (κ2) is 6.91. The van der Waals surface area contributed by atoms with Crippen LogP contribution in [0.3, 0.4) is 0 Å². The van der Waals surface area contributed by atoms with Crippen LogP contribution in [0.25, 0.3) is 0 Å². The molecule has 0 heterocycles. The molecule has 4 heteroatoms. The Balaban J connectivity index is 2.96. The summed E-state index contributed by atoms with van der Waals surface area (Å²) in [4.78, 5) is 0. The predicted octanol–water partition coefficient (Wildman–Crippen LogP) is 2.79. The topological polar surface area (TPSA) is 38.7 Å². The molecule has 1 atom stereocenters. The molecule has 1 unspecified atom stereocenters. The summed E-state index contributed by atoms with van der Waals surface area (Å²) in [6, 6.07) is 10.4. The lowest BCUT2D eigenvalue weighted by molar-refractivity contribution is 0.111. The zero-order chi connectivity index (χ0) is 12.7. The molecule has 1 aromatic rings. The first-order valence-corrected chi connectivity index (χ1v) is 8.31. The summed E-state index contributed by atoms with van der Waals surface area (Å²) in [5.41, 5.74) is 0.247. The van der Waals surface area contributed by atoms with Crippen LogP contribution in [0.1, 0.15) is 32.1 Å². The second-order valence-corrected chi connectivity index (χ2v) is 7.30. The summed E-state index contributed by atoms with van der Waals surface area (Å²) >= 11 is 0. The lowest BCUT2D eigenvalue weighted by Gasteiger charge is -2.33. The van der Waals surface area contributed by atoms with Crippen molar-refractivity contribution in [2.24, 2.45) is 0 Å². The molecule has 0 spiro atoms. The first kappa shape index (κ1) is 14.4. The van der Waals surface area contributed by atoms with Gasteiger partial charge >= 0.3 is 8.56 Å². The van der Waals surface area contributed by atoms with Gasteiger partial charge in [0.15, 0.2) is 0 Å². The minimum atomic E-state index is -2.56. The van der Waals surface area contributed by atoms with Crippen molar-refractivity contribution in [1.29, 1.82) is 0 Å². The van der Waals surface area contributed by atoms with Gasteiger partial charge in [-0.3, -0.25) is 0 Å². The van der Waals surface area contributed by atoms with E-state index in [0.717, 1.165) is 11.6 Å². The molecule has 0 aliphatic carbocycles. The Morgan fingerprint density at radius 1 is 1.06 bits per heavy atom. The van der Waals surface area contributed by atoms with Gasteiger partial charge in [-0.25, -0.2) is 0 Å². The van der Waals surface area contributed by atoms with E-state index in [1.54, 1.807) is 0 Å². The van der Waals surface area contributed by atoms with Crippen LogP contribution in [-0.4, -0.2) is 26.9 Å². The molecule has 0 saturated carbocycles. The van der Waals surface area contributed by atoms with Crippen LogP contribution in [-0.2, 0) is 8.85 Å². The number of rotatable bonds is 7. The summed E-state index contributed by atoms with van der Waals surface area (Å²) in [6.45, 7) is 7.04. The van der Waals surface area contributed by atoms with Crippen LogP contribution in [0.4, 0.5) is 0 Å². The fourth-order valence-corrected chi connectivity index (χ4v) is 4.85. The first-order chi connectivity index (χ1) is 8.20. The van der Waals surface area contributed by atoms with Crippen LogP contribution < -0.4 is 0 Å². The van der Waals surface area contributed by atoms with Gasteiger partial charge in [-0.05, 0) is 25.5 Å². The number of benzene rings is 1. The van der Waals surface area contributed by atoms with Crippen LogP contribution in [0.5, 0.6) is 0 Å². The van der Waals surface area contributed by atoms with Gasteiger partial charge in [0.05, 0.1) is 0 Å². The maximum atomic E-state index is 10.5. The minimum Gasteiger partial charge on any atom is -0.393 e. The van der Waals surface area contributed by atoms with Gasteiger partial charge in [0.1, 0.15) is 5.73 Å². The van der Waals surface area contributed by atoms with Crippen LogP contribution in [0.15, 0.2) is 30.3 Å². The van der Waals surface area contributed by atoms with Crippen LogP contribution in [0, 0.1) is 0 Å². The molecule has 3 nitrogen and oxygen atoms in total. The predicted molar refractivity (Wildman–Crippen MR) is 70.9 cm³/mol. The van der Waals surface area contributed by atoms with E-state index in [-0.39, 0.29) is 0 Å². The Morgan fingerprint density at radius 3 is 2.00 bits per heavy atom. The summed E-state index contributed by atoms with van der Waals surface area (Å²) < 4.78 is 11.6. The smallest absolute Gasteiger partial charge is 0.372 e. The quantitative estimate of drug-likeness (QED) is 0.760. The third-order valence-corrected chi connectivity index (χ3v) is 6.51. The highest BCUT2D eigenvalue weighted by molar-refractivity contribution is 6.68. The summed E-state index contributed by atoms with van der Waals surface area (Å²) in [6.07, 6.45) is 0. The van der Waals surface area contributed by atoms with Crippen molar-refractivity contribution in [1.82, 2.24) is 0 Å². The fourth-order valence-electron chi connectivity index (χ4n) is 1.97. The van der Waals surface area contributed by atoms with Crippen LogP contribution >= 0.6 is 0 Å². The van der Waals surface area contributed by atoms with Crippen molar-refractivity contribution in [2.75, 3.05) is 13.2 Å². The van der Waals surface area contributed by atoms with E-state index in [4.69, 9.17) is 8.85 Å². The molecule has 0 aromatic heterocycles. The highest BCUT2D eigenvalue weighted by Crippen LogP contribution is 2.29. The standard InChI is InChI=1S/C13H22O3Si/c1-4-15-17(6-3,16-5-2)13(14)12-10-8-7-9-11-12/h7-11,13-14H,4-6H2,1-3H3. The number of hydrogen-bond acceptors (Lipinski definition) is 3. The molecule has 17 heavy (non-hydrogen) atoms. The Hall–Kier alpha value is -0.683. The average molecular weight is 254 g/mol. The van der Waals surface area contributed by atoms with E-state index < -0.39 is 14.3 Å². The van der Waals surface area contributed by atoms with E-state index >= 15 is 0 Å². The monoisotopic (exact) mass is 254 g/mol. The maximum absolute atomic E-state index is 10.5. The van der Waals surface area contributed by atoms with E-state index in [1.807, 2.05) is 51.1 Å².